The number of benzene rings is 1. The molecular weight excluding hydrogens is 340 g/mol. The molecule has 0 atom stereocenters. The fraction of sp³-hybridized carbons (Fsp3) is 0.682. The third-order valence-corrected chi connectivity index (χ3v) is 5.41. The average Bonchev–Trinajstić information content (AvgIpc) is 2.66. The molecule has 0 unspecified atom stereocenters. The predicted molar refractivity (Wildman–Crippen MR) is 116 cm³/mol. The molecule has 0 radical (unpaired) electrons. The van der Waals surface area contributed by atoms with Gasteiger partial charge in [-0.2, -0.15) is 0 Å². The quantitative estimate of drug-likeness (QED) is 0.249. The summed E-state index contributed by atoms with van der Waals surface area (Å²) >= 11 is 1.70. The van der Waals surface area contributed by atoms with Gasteiger partial charge in [0.25, 0.3) is 0 Å². The SMILES string of the molecule is CCCCCCCCCCCCCCNC(=O)Nc1ccc(SC)cc1. The number of unbranched alkanes of at least 4 members (excludes halogenated alkanes) is 11. The summed E-state index contributed by atoms with van der Waals surface area (Å²) in [4.78, 5) is 13.0. The minimum atomic E-state index is -0.107. The molecule has 1 aromatic rings. The molecule has 0 aliphatic heterocycles. The van der Waals surface area contributed by atoms with Crippen molar-refractivity contribution in [1.29, 1.82) is 0 Å². The van der Waals surface area contributed by atoms with Crippen molar-refractivity contribution in [2.24, 2.45) is 0 Å². The van der Waals surface area contributed by atoms with Crippen molar-refractivity contribution in [3.05, 3.63) is 24.3 Å². The highest BCUT2D eigenvalue weighted by Crippen LogP contribution is 2.17. The Kier molecular flexibility index (Phi) is 14.1. The van der Waals surface area contributed by atoms with Crippen molar-refractivity contribution in [2.45, 2.75) is 88.9 Å². The Labute approximate surface area is 165 Å². The first-order valence-electron chi connectivity index (χ1n) is 10.4. The second-order valence-corrected chi connectivity index (χ2v) is 7.88. The molecule has 0 aromatic heterocycles. The van der Waals surface area contributed by atoms with Crippen molar-refractivity contribution < 1.29 is 4.79 Å². The number of nitrogens with one attached hydrogen (secondary N) is 2. The summed E-state index contributed by atoms with van der Waals surface area (Å²) in [5.74, 6) is 0. The van der Waals surface area contributed by atoms with E-state index in [4.69, 9.17) is 0 Å². The van der Waals surface area contributed by atoms with Gasteiger partial charge in [-0.25, -0.2) is 4.79 Å². The number of anilines is 1. The molecule has 0 saturated carbocycles. The average molecular weight is 379 g/mol. The highest BCUT2D eigenvalue weighted by molar-refractivity contribution is 7.98. The van der Waals surface area contributed by atoms with E-state index in [1.165, 1.54) is 75.5 Å². The van der Waals surface area contributed by atoms with Crippen molar-refractivity contribution in [3.8, 4) is 0 Å². The predicted octanol–water partition coefficient (Wildman–Crippen LogP) is 7.23. The second kappa shape index (κ2) is 16.0. The zero-order valence-corrected chi connectivity index (χ0v) is 17.6. The summed E-state index contributed by atoms with van der Waals surface area (Å²) in [6.45, 7) is 3.03. The van der Waals surface area contributed by atoms with Crippen LogP contribution in [-0.4, -0.2) is 18.8 Å². The van der Waals surface area contributed by atoms with Crippen LogP contribution in [0.2, 0.25) is 0 Å². The molecule has 1 rings (SSSR count). The number of hydrogen-bond donors (Lipinski definition) is 2. The van der Waals surface area contributed by atoms with Crippen molar-refractivity contribution in [3.63, 3.8) is 0 Å². The number of hydrogen-bond acceptors (Lipinski definition) is 2. The maximum absolute atomic E-state index is 11.8. The molecule has 0 bridgehead atoms. The molecule has 0 aliphatic carbocycles. The second-order valence-electron chi connectivity index (χ2n) is 7.00. The Morgan fingerprint density at radius 1 is 0.808 bits per heavy atom. The number of urea groups is 1. The lowest BCUT2D eigenvalue weighted by atomic mass is 10.1. The van der Waals surface area contributed by atoms with Gasteiger partial charge in [0.05, 0.1) is 0 Å². The number of carbonyl (C=O) groups is 1. The van der Waals surface area contributed by atoms with E-state index in [0.717, 1.165) is 18.7 Å². The molecule has 4 heteroatoms. The van der Waals surface area contributed by atoms with Crippen LogP contribution in [0.1, 0.15) is 84.0 Å². The summed E-state index contributed by atoms with van der Waals surface area (Å²) in [5.41, 5.74) is 0.843. The largest absolute Gasteiger partial charge is 0.338 e. The lowest BCUT2D eigenvalue weighted by Crippen LogP contribution is -2.29. The fourth-order valence-electron chi connectivity index (χ4n) is 3.02. The topological polar surface area (TPSA) is 41.1 Å². The van der Waals surface area contributed by atoms with E-state index in [9.17, 15) is 4.79 Å². The van der Waals surface area contributed by atoms with Gasteiger partial charge < -0.3 is 10.6 Å². The van der Waals surface area contributed by atoms with Crippen LogP contribution in [0.3, 0.4) is 0 Å². The Bertz CT molecular complexity index is 462. The van der Waals surface area contributed by atoms with Gasteiger partial charge in [0, 0.05) is 17.1 Å². The maximum Gasteiger partial charge on any atom is 0.319 e. The van der Waals surface area contributed by atoms with Crippen LogP contribution in [0, 0.1) is 0 Å². The van der Waals surface area contributed by atoms with Gasteiger partial charge in [-0.1, -0.05) is 77.6 Å². The van der Waals surface area contributed by atoms with Gasteiger partial charge in [0.2, 0.25) is 0 Å². The molecule has 0 heterocycles. The van der Waals surface area contributed by atoms with E-state index in [2.05, 4.69) is 17.6 Å². The first-order chi connectivity index (χ1) is 12.8. The number of rotatable bonds is 15. The number of amides is 2. The molecule has 3 nitrogen and oxygen atoms in total. The van der Waals surface area contributed by atoms with Crippen LogP contribution >= 0.6 is 11.8 Å². The van der Waals surface area contributed by atoms with Crippen LogP contribution < -0.4 is 10.6 Å². The van der Waals surface area contributed by atoms with E-state index >= 15 is 0 Å². The lowest BCUT2D eigenvalue weighted by molar-refractivity contribution is 0.252. The van der Waals surface area contributed by atoms with Gasteiger partial charge in [0.1, 0.15) is 0 Å². The number of thioether (sulfide) groups is 1. The molecule has 26 heavy (non-hydrogen) atoms. The van der Waals surface area contributed by atoms with Crippen LogP contribution in [0.25, 0.3) is 0 Å². The Morgan fingerprint density at radius 2 is 1.31 bits per heavy atom. The third kappa shape index (κ3) is 12.2. The van der Waals surface area contributed by atoms with Crippen molar-refractivity contribution in [1.82, 2.24) is 5.32 Å². The summed E-state index contributed by atoms with van der Waals surface area (Å²) < 4.78 is 0. The fourth-order valence-corrected chi connectivity index (χ4v) is 3.43. The zero-order chi connectivity index (χ0) is 18.9. The standard InChI is InChI=1S/C22H38N2OS/c1-3-4-5-6-7-8-9-10-11-12-13-14-19-23-22(25)24-20-15-17-21(26-2)18-16-20/h15-18H,3-14,19H2,1-2H3,(H2,23,24,25). The molecule has 0 spiro atoms. The van der Waals surface area contributed by atoms with Gasteiger partial charge in [-0.3, -0.25) is 0 Å². The minimum absolute atomic E-state index is 0.107. The molecule has 0 aliphatic rings. The van der Waals surface area contributed by atoms with E-state index in [1.807, 2.05) is 30.5 Å². The van der Waals surface area contributed by atoms with Crippen LogP contribution in [0.5, 0.6) is 0 Å². The van der Waals surface area contributed by atoms with E-state index < -0.39 is 0 Å². The molecule has 2 N–H and O–H groups in total. The molecule has 0 saturated heterocycles. The summed E-state index contributed by atoms with van der Waals surface area (Å²) in [6.07, 6.45) is 18.1. The van der Waals surface area contributed by atoms with Crippen molar-refractivity contribution in [2.75, 3.05) is 18.1 Å². The first-order valence-corrected chi connectivity index (χ1v) is 11.7. The summed E-state index contributed by atoms with van der Waals surface area (Å²) in [5, 5.41) is 5.82. The van der Waals surface area contributed by atoms with E-state index in [1.54, 1.807) is 11.8 Å². The van der Waals surface area contributed by atoms with Gasteiger partial charge in [-0.15, -0.1) is 11.8 Å². The molecular formula is C22H38N2OS. The monoisotopic (exact) mass is 378 g/mol. The Morgan fingerprint density at radius 3 is 1.81 bits per heavy atom. The lowest BCUT2D eigenvalue weighted by Gasteiger charge is -2.08. The molecule has 1 aromatic carbocycles. The van der Waals surface area contributed by atoms with E-state index in [0.29, 0.717) is 0 Å². The van der Waals surface area contributed by atoms with Crippen LogP contribution in [0.4, 0.5) is 10.5 Å². The smallest absolute Gasteiger partial charge is 0.319 e. The third-order valence-electron chi connectivity index (χ3n) is 4.66. The van der Waals surface area contributed by atoms with Gasteiger partial charge in [0.15, 0.2) is 0 Å². The minimum Gasteiger partial charge on any atom is -0.338 e. The Balaban J connectivity index is 1.88. The van der Waals surface area contributed by atoms with Crippen LogP contribution in [-0.2, 0) is 0 Å². The van der Waals surface area contributed by atoms with Gasteiger partial charge >= 0.3 is 6.03 Å². The summed E-state index contributed by atoms with van der Waals surface area (Å²) in [6, 6.07) is 7.81. The van der Waals surface area contributed by atoms with Crippen LogP contribution in [0.15, 0.2) is 29.2 Å². The Hall–Kier alpha value is -1.16. The van der Waals surface area contributed by atoms with Crippen molar-refractivity contribution >= 4 is 23.5 Å². The number of carbonyl (C=O) groups excluding carboxylic acids is 1. The van der Waals surface area contributed by atoms with E-state index in [-0.39, 0.29) is 6.03 Å². The molecule has 2 amide bonds. The molecule has 148 valence electrons. The first kappa shape index (κ1) is 22.9. The van der Waals surface area contributed by atoms with Gasteiger partial charge in [-0.05, 0) is 36.9 Å². The maximum atomic E-state index is 11.8. The molecule has 0 fully saturated rings. The summed E-state index contributed by atoms with van der Waals surface area (Å²) in [7, 11) is 0. The highest BCUT2D eigenvalue weighted by atomic mass is 32.2. The zero-order valence-electron chi connectivity index (χ0n) is 16.8. The highest BCUT2D eigenvalue weighted by Gasteiger charge is 2.01. The normalized spacial score (nSPS) is 10.7.